The molecule has 2 aromatic carbocycles. The van der Waals surface area contributed by atoms with Crippen molar-refractivity contribution in [2.24, 2.45) is 0 Å². The molecular weight excluding hydrogens is 359 g/mol. The van der Waals surface area contributed by atoms with Crippen molar-refractivity contribution >= 4 is 11.7 Å². The highest BCUT2D eigenvalue weighted by molar-refractivity contribution is 5.89. The maximum Gasteiger partial charge on any atom is 0.418 e. The second-order valence-electron chi connectivity index (χ2n) is 5.84. The number of nitrogens with zero attached hydrogens (tertiary/aromatic N) is 4. The summed E-state index contributed by atoms with van der Waals surface area (Å²) in [6, 6.07) is 12.3. The highest BCUT2D eigenvalue weighted by Gasteiger charge is 2.34. The van der Waals surface area contributed by atoms with Gasteiger partial charge in [0.05, 0.1) is 11.3 Å². The summed E-state index contributed by atoms with van der Waals surface area (Å²) in [5.74, 6) is 0. The number of hydrogen-bond donors (Lipinski definition) is 1. The van der Waals surface area contributed by atoms with Crippen LogP contribution in [0.25, 0.3) is 5.69 Å². The van der Waals surface area contributed by atoms with Gasteiger partial charge in [0.2, 0.25) is 0 Å². The number of carbonyl (C=O) groups excluding carboxylic acids is 1. The summed E-state index contributed by atoms with van der Waals surface area (Å²) in [5, 5.41) is 6.22. The van der Waals surface area contributed by atoms with Crippen molar-refractivity contribution < 1.29 is 18.0 Å². The fourth-order valence-corrected chi connectivity index (χ4v) is 2.52. The van der Waals surface area contributed by atoms with Crippen molar-refractivity contribution in [3.05, 3.63) is 72.3 Å². The van der Waals surface area contributed by atoms with Crippen LogP contribution < -0.4 is 5.32 Å². The number of carbonyl (C=O) groups is 1. The van der Waals surface area contributed by atoms with E-state index in [0.29, 0.717) is 6.54 Å². The van der Waals surface area contributed by atoms with Crippen LogP contribution in [0, 0.1) is 0 Å². The van der Waals surface area contributed by atoms with Gasteiger partial charge in [-0.3, -0.25) is 0 Å². The maximum atomic E-state index is 13.4. The zero-order chi connectivity index (χ0) is 19.4. The van der Waals surface area contributed by atoms with Gasteiger partial charge in [-0.1, -0.05) is 30.3 Å². The van der Waals surface area contributed by atoms with Crippen LogP contribution in [-0.4, -0.2) is 32.7 Å². The van der Waals surface area contributed by atoms with Crippen molar-refractivity contribution in [3.8, 4) is 5.69 Å². The molecule has 1 N–H and O–H groups in total. The van der Waals surface area contributed by atoms with E-state index in [9.17, 15) is 18.0 Å². The second-order valence-corrected chi connectivity index (χ2v) is 5.84. The van der Waals surface area contributed by atoms with E-state index in [1.807, 2.05) is 30.3 Å². The van der Waals surface area contributed by atoms with Gasteiger partial charge in [-0.15, -0.1) is 0 Å². The van der Waals surface area contributed by atoms with Crippen LogP contribution >= 0.6 is 0 Å². The molecule has 1 aromatic heterocycles. The standard InChI is InChI=1S/C18H16F3N5O/c1-25(10-13-5-3-2-4-6-13)17(27)24-14-7-8-16(26-12-22-11-23-26)15(9-14)18(19,20)21/h2-9,11-12H,10H2,1H3,(H,24,27). The molecule has 0 saturated heterocycles. The van der Waals surface area contributed by atoms with Crippen molar-refractivity contribution in [2.45, 2.75) is 12.7 Å². The predicted octanol–water partition coefficient (Wildman–Crippen LogP) is 3.95. The Morgan fingerprint density at radius 3 is 2.56 bits per heavy atom. The molecule has 0 unspecified atom stereocenters. The molecule has 0 aliphatic heterocycles. The topological polar surface area (TPSA) is 63.1 Å². The Bertz CT molecular complexity index is 911. The predicted molar refractivity (Wildman–Crippen MR) is 93.3 cm³/mol. The van der Waals surface area contributed by atoms with E-state index >= 15 is 0 Å². The number of amides is 2. The van der Waals surface area contributed by atoms with E-state index in [1.54, 1.807) is 7.05 Å². The molecular formula is C18H16F3N5O. The summed E-state index contributed by atoms with van der Waals surface area (Å²) in [6.45, 7) is 0.329. The third-order valence-electron chi connectivity index (χ3n) is 3.83. The van der Waals surface area contributed by atoms with Gasteiger partial charge < -0.3 is 10.2 Å². The number of alkyl halides is 3. The summed E-state index contributed by atoms with van der Waals surface area (Å²) < 4.78 is 41.3. The van der Waals surface area contributed by atoms with Crippen LogP contribution in [0.3, 0.4) is 0 Å². The van der Waals surface area contributed by atoms with Gasteiger partial charge in [-0.2, -0.15) is 18.3 Å². The molecule has 0 aliphatic rings. The zero-order valence-corrected chi connectivity index (χ0v) is 14.3. The maximum absolute atomic E-state index is 13.4. The van der Waals surface area contributed by atoms with E-state index in [0.717, 1.165) is 22.6 Å². The molecule has 0 spiro atoms. The van der Waals surface area contributed by atoms with Gasteiger partial charge in [-0.25, -0.2) is 14.5 Å². The van der Waals surface area contributed by atoms with E-state index in [2.05, 4.69) is 15.4 Å². The minimum absolute atomic E-state index is 0.0381. The highest BCUT2D eigenvalue weighted by Crippen LogP contribution is 2.35. The lowest BCUT2D eigenvalue weighted by Gasteiger charge is -2.19. The lowest BCUT2D eigenvalue weighted by atomic mass is 10.1. The quantitative estimate of drug-likeness (QED) is 0.751. The Hall–Kier alpha value is -3.36. The van der Waals surface area contributed by atoms with E-state index < -0.39 is 17.8 Å². The lowest BCUT2D eigenvalue weighted by molar-refractivity contribution is -0.137. The molecule has 3 aromatic rings. The molecule has 140 valence electrons. The van der Waals surface area contributed by atoms with Gasteiger partial charge in [0.25, 0.3) is 0 Å². The summed E-state index contributed by atoms with van der Waals surface area (Å²) in [5.41, 5.74) is -0.143. The molecule has 9 heteroatoms. The highest BCUT2D eigenvalue weighted by atomic mass is 19.4. The molecule has 27 heavy (non-hydrogen) atoms. The first-order valence-corrected chi connectivity index (χ1v) is 7.97. The molecule has 0 aliphatic carbocycles. The first-order chi connectivity index (χ1) is 12.8. The van der Waals surface area contributed by atoms with Crippen LogP contribution in [0.5, 0.6) is 0 Å². The van der Waals surface area contributed by atoms with Gasteiger partial charge in [0.1, 0.15) is 12.7 Å². The largest absolute Gasteiger partial charge is 0.418 e. The van der Waals surface area contributed by atoms with Crippen molar-refractivity contribution in [3.63, 3.8) is 0 Å². The van der Waals surface area contributed by atoms with Crippen LogP contribution in [0.2, 0.25) is 0 Å². The smallest absolute Gasteiger partial charge is 0.323 e. The lowest BCUT2D eigenvalue weighted by Crippen LogP contribution is -2.31. The number of hydrogen-bond acceptors (Lipinski definition) is 3. The number of aromatic nitrogens is 3. The van der Waals surface area contributed by atoms with Crippen molar-refractivity contribution in [1.82, 2.24) is 19.7 Å². The van der Waals surface area contributed by atoms with Crippen molar-refractivity contribution in [2.75, 3.05) is 12.4 Å². The molecule has 2 amide bonds. The summed E-state index contributed by atoms with van der Waals surface area (Å²) in [6.07, 6.45) is -2.29. The van der Waals surface area contributed by atoms with Gasteiger partial charge >= 0.3 is 12.2 Å². The number of benzene rings is 2. The Morgan fingerprint density at radius 1 is 1.19 bits per heavy atom. The fourth-order valence-electron chi connectivity index (χ4n) is 2.52. The Kier molecular flexibility index (Phi) is 5.11. The second kappa shape index (κ2) is 7.48. The van der Waals surface area contributed by atoms with E-state index in [1.165, 1.54) is 23.4 Å². The fraction of sp³-hybridized carbons (Fsp3) is 0.167. The number of anilines is 1. The third kappa shape index (κ3) is 4.43. The molecule has 0 bridgehead atoms. The monoisotopic (exact) mass is 375 g/mol. The first-order valence-electron chi connectivity index (χ1n) is 7.97. The van der Waals surface area contributed by atoms with Gasteiger partial charge in [0.15, 0.2) is 0 Å². The Labute approximate surface area is 153 Å². The molecule has 0 fully saturated rings. The van der Waals surface area contributed by atoms with Crippen LogP contribution in [0.15, 0.2) is 61.2 Å². The summed E-state index contributed by atoms with van der Waals surface area (Å²) in [4.78, 5) is 17.3. The van der Waals surface area contributed by atoms with E-state index in [4.69, 9.17) is 0 Å². The number of urea groups is 1. The normalized spacial score (nSPS) is 11.3. The van der Waals surface area contributed by atoms with Gasteiger partial charge in [0, 0.05) is 19.3 Å². The first kappa shape index (κ1) is 18.4. The van der Waals surface area contributed by atoms with Crippen LogP contribution in [0.1, 0.15) is 11.1 Å². The summed E-state index contributed by atoms with van der Waals surface area (Å²) >= 11 is 0. The average Bonchev–Trinajstić information content (AvgIpc) is 3.16. The van der Waals surface area contributed by atoms with Crippen molar-refractivity contribution in [1.29, 1.82) is 0 Å². The molecule has 6 nitrogen and oxygen atoms in total. The molecule has 0 radical (unpaired) electrons. The zero-order valence-electron chi connectivity index (χ0n) is 14.3. The van der Waals surface area contributed by atoms with E-state index in [-0.39, 0.29) is 11.4 Å². The van der Waals surface area contributed by atoms with Gasteiger partial charge in [-0.05, 0) is 23.8 Å². The Morgan fingerprint density at radius 2 is 1.93 bits per heavy atom. The third-order valence-corrected chi connectivity index (χ3v) is 3.83. The number of halogens is 3. The SMILES string of the molecule is CN(Cc1ccccc1)C(=O)Nc1ccc(-n2cncn2)c(C(F)(F)F)c1. The minimum Gasteiger partial charge on any atom is -0.323 e. The van der Waals surface area contributed by atoms with Crippen LogP contribution in [0.4, 0.5) is 23.7 Å². The number of rotatable bonds is 4. The summed E-state index contributed by atoms with van der Waals surface area (Å²) in [7, 11) is 1.57. The Balaban J connectivity index is 1.80. The number of nitrogens with one attached hydrogen (secondary N) is 1. The van der Waals surface area contributed by atoms with Crippen LogP contribution in [-0.2, 0) is 12.7 Å². The molecule has 1 heterocycles. The minimum atomic E-state index is -4.61. The average molecular weight is 375 g/mol. The molecule has 3 rings (SSSR count). The molecule has 0 saturated carbocycles. The molecule has 0 atom stereocenters.